The summed E-state index contributed by atoms with van der Waals surface area (Å²) in [6.07, 6.45) is 0.972. The van der Waals surface area contributed by atoms with Crippen molar-refractivity contribution in [2.75, 3.05) is 18.8 Å². The summed E-state index contributed by atoms with van der Waals surface area (Å²) in [5.74, 6) is 0.736. The highest BCUT2D eigenvalue weighted by atomic mass is 32.2. The molecular formula is C18H31N3O2S. The molecule has 0 fully saturated rings. The molecule has 1 aromatic rings. The largest absolute Gasteiger partial charge is 0.357 e. The molecule has 0 atom stereocenters. The van der Waals surface area contributed by atoms with Gasteiger partial charge in [0.05, 0.1) is 17.0 Å². The molecule has 2 N–H and O–H groups in total. The van der Waals surface area contributed by atoms with Gasteiger partial charge in [-0.1, -0.05) is 31.2 Å². The van der Waals surface area contributed by atoms with E-state index < -0.39 is 14.6 Å². The first kappa shape index (κ1) is 20.5. The topological polar surface area (TPSA) is 70.6 Å². The predicted molar refractivity (Wildman–Crippen MR) is 102 cm³/mol. The maximum Gasteiger partial charge on any atom is 0.191 e. The van der Waals surface area contributed by atoms with Crippen LogP contribution >= 0.6 is 0 Å². The van der Waals surface area contributed by atoms with E-state index in [9.17, 15) is 8.42 Å². The molecule has 0 amide bonds. The summed E-state index contributed by atoms with van der Waals surface area (Å²) in [6, 6.07) is 8.24. The van der Waals surface area contributed by atoms with Crippen molar-refractivity contribution in [1.82, 2.24) is 10.6 Å². The summed E-state index contributed by atoms with van der Waals surface area (Å²) in [4.78, 5) is 4.57. The van der Waals surface area contributed by atoms with Crippen LogP contribution in [0.2, 0.25) is 0 Å². The lowest BCUT2D eigenvalue weighted by molar-refractivity contribution is 0.559. The first-order valence-electron chi connectivity index (χ1n) is 8.52. The van der Waals surface area contributed by atoms with Gasteiger partial charge in [0, 0.05) is 13.1 Å². The van der Waals surface area contributed by atoms with E-state index in [0.29, 0.717) is 19.0 Å². The molecule has 0 saturated carbocycles. The van der Waals surface area contributed by atoms with Crippen LogP contribution in [-0.2, 0) is 22.8 Å². The number of hydrogen-bond acceptors (Lipinski definition) is 3. The summed E-state index contributed by atoms with van der Waals surface area (Å²) >= 11 is 0. The maximum absolute atomic E-state index is 12.2. The van der Waals surface area contributed by atoms with E-state index >= 15 is 0 Å². The molecular weight excluding hydrogens is 322 g/mol. The summed E-state index contributed by atoms with van der Waals surface area (Å²) in [7, 11) is -3.13. The van der Waals surface area contributed by atoms with Crippen LogP contribution in [0.5, 0.6) is 0 Å². The summed E-state index contributed by atoms with van der Waals surface area (Å²) < 4.78 is 23.6. The highest BCUT2D eigenvalue weighted by molar-refractivity contribution is 7.92. The van der Waals surface area contributed by atoms with E-state index in [2.05, 4.69) is 34.7 Å². The molecule has 0 unspecified atom stereocenters. The maximum atomic E-state index is 12.2. The first-order chi connectivity index (χ1) is 11.2. The number of rotatable bonds is 7. The number of nitrogens with one attached hydrogen (secondary N) is 2. The van der Waals surface area contributed by atoms with Crippen molar-refractivity contribution in [3.8, 4) is 0 Å². The standard InChI is InChI=1S/C18H31N3O2S/c1-6-15-10-8-9-11-16(15)14-21-17(19-7-2)20-12-13-24(22,23)18(3,4)5/h8-11H,6-7,12-14H2,1-5H3,(H2,19,20,21). The molecule has 0 saturated heterocycles. The molecule has 24 heavy (non-hydrogen) atoms. The van der Waals surface area contributed by atoms with Crippen molar-refractivity contribution in [2.24, 2.45) is 4.99 Å². The molecule has 0 heterocycles. The quantitative estimate of drug-likeness (QED) is 0.584. The minimum Gasteiger partial charge on any atom is -0.357 e. The Morgan fingerprint density at radius 1 is 1.08 bits per heavy atom. The van der Waals surface area contributed by atoms with Crippen molar-refractivity contribution in [2.45, 2.75) is 52.3 Å². The second-order valence-corrected chi connectivity index (χ2v) is 9.54. The third-order valence-electron chi connectivity index (χ3n) is 3.85. The van der Waals surface area contributed by atoms with Gasteiger partial charge in [-0.25, -0.2) is 13.4 Å². The van der Waals surface area contributed by atoms with Crippen molar-refractivity contribution < 1.29 is 8.42 Å². The smallest absolute Gasteiger partial charge is 0.191 e. The lowest BCUT2D eigenvalue weighted by atomic mass is 10.1. The molecule has 0 aliphatic heterocycles. The SMILES string of the molecule is CCNC(=NCc1ccccc1CC)NCCS(=O)(=O)C(C)(C)C. The van der Waals surface area contributed by atoms with Crippen molar-refractivity contribution in [1.29, 1.82) is 0 Å². The van der Waals surface area contributed by atoms with Crippen LogP contribution in [0, 0.1) is 0 Å². The van der Waals surface area contributed by atoms with Gasteiger partial charge in [0.2, 0.25) is 0 Å². The average molecular weight is 354 g/mol. The number of sulfone groups is 1. The zero-order chi connectivity index (χ0) is 18.2. The average Bonchev–Trinajstić information content (AvgIpc) is 2.51. The molecule has 5 nitrogen and oxygen atoms in total. The Balaban J connectivity index is 2.70. The van der Waals surface area contributed by atoms with Gasteiger partial charge >= 0.3 is 0 Å². The second kappa shape index (κ2) is 9.06. The van der Waals surface area contributed by atoms with Crippen molar-refractivity contribution in [3.63, 3.8) is 0 Å². The van der Waals surface area contributed by atoms with Crippen molar-refractivity contribution >= 4 is 15.8 Å². The highest BCUT2D eigenvalue weighted by Gasteiger charge is 2.28. The molecule has 0 aromatic heterocycles. The second-order valence-electron chi connectivity index (χ2n) is 6.68. The first-order valence-corrected chi connectivity index (χ1v) is 10.2. The molecule has 1 aromatic carbocycles. The predicted octanol–water partition coefficient (Wildman–Crippen LogP) is 2.52. The molecule has 0 radical (unpaired) electrons. The third kappa shape index (κ3) is 6.15. The molecule has 1 rings (SSSR count). The Labute approximate surface area is 146 Å². The third-order valence-corrected chi connectivity index (χ3v) is 6.45. The van der Waals surface area contributed by atoms with Gasteiger partial charge in [-0.15, -0.1) is 0 Å². The Hall–Kier alpha value is -1.56. The van der Waals surface area contributed by atoms with E-state index in [-0.39, 0.29) is 5.75 Å². The number of benzene rings is 1. The van der Waals surface area contributed by atoms with Crippen LogP contribution in [0.25, 0.3) is 0 Å². The minimum absolute atomic E-state index is 0.0897. The van der Waals surface area contributed by atoms with Crippen LogP contribution in [0.3, 0.4) is 0 Å². The van der Waals surface area contributed by atoms with Gasteiger partial charge in [-0.2, -0.15) is 0 Å². The monoisotopic (exact) mass is 353 g/mol. The van der Waals surface area contributed by atoms with Gasteiger partial charge < -0.3 is 10.6 Å². The molecule has 0 aliphatic rings. The van der Waals surface area contributed by atoms with Crippen LogP contribution in [0.1, 0.15) is 45.7 Å². The number of nitrogens with zero attached hydrogens (tertiary/aromatic N) is 1. The van der Waals surface area contributed by atoms with E-state index in [1.54, 1.807) is 20.8 Å². The molecule has 0 aliphatic carbocycles. The van der Waals surface area contributed by atoms with Crippen LogP contribution in [0.4, 0.5) is 0 Å². The summed E-state index contributed by atoms with van der Waals surface area (Å²) in [5.41, 5.74) is 2.48. The number of guanidine groups is 1. The number of hydrogen-bond donors (Lipinski definition) is 2. The van der Waals surface area contributed by atoms with Crippen LogP contribution < -0.4 is 10.6 Å². The fourth-order valence-corrected chi connectivity index (χ4v) is 3.16. The highest BCUT2D eigenvalue weighted by Crippen LogP contribution is 2.15. The van der Waals surface area contributed by atoms with Gasteiger partial charge in [0.15, 0.2) is 15.8 Å². The zero-order valence-electron chi connectivity index (χ0n) is 15.5. The van der Waals surface area contributed by atoms with Crippen LogP contribution in [0.15, 0.2) is 29.3 Å². The van der Waals surface area contributed by atoms with Crippen molar-refractivity contribution in [3.05, 3.63) is 35.4 Å². The molecule has 0 spiro atoms. The van der Waals surface area contributed by atoms with Gasteiger partial charge in [-0.3, -0.25) is 0 Å². The summed E-state index contributed by atoms with van der Waals surface area (Å²) in [5, 5.41) is 6.28. The minimum atomic E-state index is -3.13. The Morgan fingerprint density at radius 2 is 1.71 bits per heavy atom. The van der Waals surface area contributed by atoms with Gasteiger partial charge in [-0.05, 0) is 45.2 Å². The molecule has 136 valence electrons. The van der Waals surface area contributed by atoms with Crippen LogP contribution in [-0.4, -0.2) is 38.0 Å². The lowest BCUT2D eigenvalue weighted by Gasteiger charge is -2.19. The fraction of sp³-hybridized carbons (Fsp3) is 0.611. The van der Waals surface area contributed by atoms with E-state index in [1.165, 1.54) is 11.1 Å². The number of aryl methyl sites for hydroxylation is 1. The van der Waals surface area contributed by atoms with Gasteiger partial charge in [0.1, 0.15) is 0 Å². The van der Waals surface area contributed by atoms with E-state index in [1.807, 2.05) is 19.1 Å². The van der Waals surface area contributed by atoms with Gasteiger partial charge in [0.25, 0.3) is 0 Å². The number of aliphatic imine (C=N–C) groups is 1. The Bertz CT molecular complexity index is 646. The zero-order valence-corrected chi connectivity index (χ0v) is 16.3. The Kier molecular flexibility index (Phi) is 7.73. The van der Waals surface area contributed by atoms with E-state index in [4.69, 9.17) is 0 Å². The fourth-order valence-electron chi connectivity index (χ4n) is 2.17. The Morgan fingerprint density at radius 3 is 2.25 bits per heavy atom. The van der Waals surface area contributed by atoms with E-state index in [0.717, 1.165) is 13.0 Å². The summed E-state index contributed by atoms with van der Waals surface area (Å²) in [6.45, 7) is 10.9. The molecule has 0 bridgehead atoms. The normalized spacial score (nSPS) is 13.0. The lowest BCUT2D eigenvalue weighted by Crippen LogP contribution is -2.41. The molecule has 6 heteroatoms.